The third-order valence-electron chi connectivity index (χ3n) is 7.05. The van der Waals surface area contributed by atoms with Crippen molar-refractivity contribution < 1.29 is 9.59 Å². The maximum absolute atomic E-state index is 14.6. The number of carbonyl (C=O) groups is 2. The Morgan fingerprint density at radius 3 is 1.21 bits per heavy atom. The molecule has 0 heterocycles. The summed E-state index contributed by atoms with van der Waals surface area (Å²) in [5.41, 5.74) is 2.05. The Morgan fingerprint density at radius 2 is 0.738 bits per heavy atom. The van der Waals surface area contributed by atoms with E-state index in [1.165, 1.54) is 0 Å². The molecule has 0 fully saturated rings. The van der Waals surface area contributed by atoms with Crippen LogP contribution < -0.4 is 0 Å². The lowest BCUT2D eigenvalue weighted by molar-refractivity contribution is 0.103. The van der Waals surface area contributed by atoms with E-state index in [1.54, 1.807) is 11.8 Å². The van der Waals surface area contributed by atoms with Crippen molar-refractivity contribution >= 4 is 32.7 Å². The molecule has 0 amide bonds. The van der Waals surface area contributed by atoms with Crippen LogP contribution in [-0.2, 0) is 0 Å². The highest BCUT2D eigenvalue weighted by Gasteiger charge is 2.39. The first-order valence-corrected chi connectivity index (χ1v) is 16.1. The Kier molecular flexibility index (Phi) is 8.18. The number of rotatable bonds is 8. The van der Waals surface area contributed by atoms with Crippen LogP contribution in [0.3, 0.4) is 0 Å². The second-order valence-electron chi connectivity index (χ2n) is 9.68. The van der Waals surface area contributed by atoms with Crippen molar-refractivity contribution in [1.82, 2.24) is 0 Å². The largest absolute Gasteiger partial charge is 0.289 e. The summed E-state index contributed by atoms with van der Waals surface area (Å²) in [5.74, 6) is 0.0146. The molecule has 42 heavy (non-hydrogen) atoms. The Hall–Kier alpha value is -4.64. The van der Waals surface area contributed by atoms with Crippen LogP contribution >= 0.6 is 21.8 Å². The van der Waals surface area contributed by atoms with Gasteiger partial charge in [-0.25, -0.2) is 0 Å². The van der Waals surface area contributed by atoms with E-state index in [0.717, 1.165) is 24.5 Å². The van der Waals surface area contributed by atoms with Crippen molar-refractivity contribution in [1.29, 1.82) is 0 Å². The molecule has 0 aliphatic carbocycles. The zero-order valence-corrected chi connectivity index (χ0v) is 24.4. The van der Waals surface area contributed by atoms with Gasteiger partial charge in [0.25, 0.3) is 0 Å². The zero-order chi connectivity index (χ0) is 28.8. The summed E-state index contributed by atoms with van der Waals surface area (Å²) in [4.78, 5) is 32.5. The number of hydrogen-bond donors (Lipinski definition) is 0. The number of carbonyl (C=O) groups excluding carboxylic acids is 2. The van der Waals surface area contributed by atoms with Crippen LogP contribution in [0.2, 0.25) is 0 Å². The molecule has 0 unspecified atom stereocenters. The third-order valence-corrected chi connectivity index (χ3v) is 11.8. The van der Waals surface area contributed by atoms with Gasteiger partial charge in [-0.2, -0.15) is 0 Å². The van der Waals surface area contributed by atoms with Crippen molar-refractivity contribution in [3.8, 4) is 0 Å². The summed E-state index contributed by atoms with van der Waals surface area (Å²) < 4.78 is 0. The van der Waals surface area contributed by atoms with E-state index in [0.29, 0.717) is 16.7 Å². The van der Waals surface area contributed by atoms with Crippen molar-refractivity contribution in [2.75, 3.05) is 0 Å². The molecule has 0 aromatic heterocycles. The fourth-order valence-electron chi connectivity index (χ4n) is 5.01. The van der Waals surface area contributed by atoms with E-state index in [9.17, 15) is 9.59 Å². The first-order chi connectivity index (χ1) is 20.7. The van der Waals surface area contributed by atoms with Gasteiger partial charge in [0.2, 0.25) is 5.12 Å². The van der Waals surface area contributed by atoms with Gasteiger partial charge in [-0.1, -0.05) is 119 Å². The Morgan fingerprint density at radius 1 is 0.381 bits per heavy atom. The predicted molar refractivity (Wildman–Crippen MR) is 173 cm³/mol. The first-order valence-electron chi connectivity index (χ1n) is 13.7. The van der Waals surface area contributed by atoms with Gasteiger partial charge >= 0.3 is 0 Å². The molecule has 6 aromatic carbocycles. The first kappa shape index (κ1) is 27.5. The molecule has 0 aliphatic heterocycles. The number of ketones is 1. The fourth-order valence-corrected chi connectivity index (χ4v) is 9.45. The highest BCUT2D eigenvalue weighted by Crippen LogP contribution is 2.69. The lowest BCUT2D eigenvalue weighted by Gasteiger charge is -2.39. The minimum atomic E-state index is -2.28. The Balaban J connectivity index is 1.36. The summed E-state index contributed by atoms with van der Waals surface area (Å²) in [6, 6.07) is 55.4. The van der Waals surface area contributed by atoms with Crippen LogP contribution in [0.1, 0.15) is 26.3 Å². The summed E-state index contributed by atoms with van der Waals surface area (Å²) in [5, 5.41) is 0.111. The lowest BCUT2D eigenvalue weighted by Crippen LogP contribution is -2.15. The molecule has 204 valence electrons. The average molecular weight is 581 g/mol. The van der Waals surface area contributed by atoms with E-state index in [4.69, 9.17) is 0 Å². The maximum Gasteiger partial charge on any atom is 0.214 e. The van der Waals surface area contributed by atoms with E-state index < -0.39 is 10.0 Å². The van der Waals surface area contributed by atoms with Crippen molar-refractivity contribution in [2.24, 2.45) is 0 Å². The van der Waals surface area contributed by atoms with E-state index in [2.05, 4.69) is 48.5 Å². The average Bonchev–Trinajstić information content (AvgIpc) is 3.07. The van der Waals surface area contributed by atoms with Gasteiger partial charge in [-0.15, -0.1) is 0 Å². The van der Waals surface area contributed by atoms with Crippen LogP contribution in [0.15, 0.2) is 194 Å². The molecule has 0 aliphatic rings. The minimum absolute atomic E-state index is 0.0146. The van der Waals surface area contributed by atoms with E-state index in [-0.39, 0.29) is 10.9 Å². The van der Waals surface area contributed by atoms with Crippen molar-refractivity contribution in [2.45, 2.75) is 24.5 Å². The van der Waals surface area contributed by atoms with Crippen LogP contribution in [0, 0.1) is 0 Å². The standard InChI is InChI=1S/C38H28O2S2/c39-37(29-13-5-1-6-14-29)30-21-23-32(24-22-30)41-33-25-27-36(28-26-33)42(34-17-9-3-10-18-34,35-19-11-4-12-20-35)38(40)31-15-7-2-8-16-31/h1-28H. The number of hydrogen-bond acceptors (Lipinski definition) is 3. The quantitative estimate of drug-likeness (QED) is 0.168. The second-order valence-corrected chi connectivity index (χ2v) is 13.8. The topological polar surface area (TPSA) is 34.1 Å². The van der Waals surface area contributed by atoms with Gasteiger partial charge in [-0.3, -0.25) is 9.59 Å². The molecule has 0 radical (unpaired) electrons. The molecule has 0 N–H and O–H groups in total. The molecule has 0 spiro atoms. The number of benzene rings is 6. The Labute approximate surface area is 252 Å². The van der Waals surface area contributed by atoms with Crippen molar-refractivity contribution in [3.05, 3.63) is 187 Å². The van der Waals surface area contributed by atoms with Gasteiger partial charge in [0.05, 0.1) is 0 Å². The summed E-state index contributed by atoms with van der Waals surface area (Å²) in [7, 11) is -2.28. The van der Waals surface area contributed by atoms with Crippen LogP contribution in [0.5, 0.6) is 0 Å². The molecular weight excluding hydrogens is 553 g/mol. The molecular formula is C38H28O2S2. The molecule has 2 nitrogen and oxygen atoms in total. The highest BCUT2D eigenvalue weighted by molar-refractivity contribution is 8.45. The van der Waals surface area contributed by atoms with Crippen molar-refractivity contribution in [3.63, 3.8) is 0 Å². The lowest BCUT2D eigenvalue weighted by atomic mass is 10.0. The van der Waals surface area contributed by atoms with Gasteiger partial charge in [0.1, 0.15) is 0 Å². The molecule has 6 rings (SSSR count). The minimum Gasteiger partial charge on any atom is -0.289 e. The maximum atomic E-state index is 14.6. The molecule has 0 bridgehead atoms. The van der Waals surface area contributed by atoms with E-state index >= 15 is 0 Å². The fraction of sp³-hybridized carbons (Fsp3) is 0. The summed E-state index contributed by atoms with van der Waals surface area (Å²) in [6.07, 6.45) is 0. The van der Waals surface area contributed by atoms with E-state index in [1.807, 2.05) is 121 Å². The molecule has 4 heteroatoms. The summed E-state index contributed by atoms with van der Waals surface area (Å²) in [6.45, 7) is 0. The van der Waals surface area contributed by atoms with Gasteiger partial charge < -0.3 is 0 Å². The molecule has 0 saturated carbocycles. The molecule has 0 atom stereocenters. The Bertz CT molecular complexity index is 1750. The second kappa shape index (κ2) is 12.5. The normalized spacial score (nSPS) is 11.5. The third kappa shape index (κ3) is 5.47. The zero-order valence-electron chi connectivity index (χ0n) is 22.8. The molecule has 6 aromatic rings. The van der Waals surface area contributed by atoms with Gasteiger partial charge in [-0.05, 0) is 72.8 Å². The smallest absolute Gasteiger partial charge is 0.214 e. The highest BCUT2D eigenvalue weighted by atomic mass is 32.3. The monoisotopic (exact) mass is 580 g/mol. The van der Waals surface area contributed by atoms with Crippen LogP contribution in [-0.4, -0.2) is 10.9 Å². The molecule has 0 saturated heterocycles. The summed E-state index contributed by atoms with van der Waals surface area (Å²) >= 11 is 1.63. The SMILES string of the molecule is O=C(c1ccccc1)c1ccc(Sc2ccc(S(C(=O)c3ccccc3)(c3ccccc3)c3ccccc3)cc2)cc1. The van der Waals surface area contributed by atoms with Crippen LogP contribution in [0.4, 0.5) is 0 Å². The van der Waals surface area contributed by atoms with Crippen LogP contribution in [0.25, 0.3) is 0 Å². The van der Waals surface area contributed by atoms with Gasteiger partial charge in [0, 0.05) is 41.2 Å². The van der Waals surface area contributed by atoms with Gasteiger partial charge in [0.15, 0.2) is 5.78 Å². The predicted octanol–water partition coefficient (Wildman–Crippen LogP) is 10.2.